The van der Waals surface area contributed by atoms with Gasteiger partial charge in [0.05, 0.1) is 16.2 Å². The molecule has 0 aliphatic carbocycles. The van der Waals surface area contributed by atoms with E-state index in [-0.39, 0.29) is 12.3 Å². The van der Waals surface area contributed by atoms with Crippen LogP contribution in [0.15, 0.2) is 48.7 Å². The number of halogens is 2. The van der Waals surface area contributed by atoms with Crippen LogP contribution in [0.5, 0.6) is 0 Å². The van der Waals surface area contributed by atoms with Crippen molar-refractivity contribution in [2.75, 3.05) is 31.1 Å². The van der Waals surface area contributed by atoms with Crippen LogP contribution in [0, 0.1) is 5.82 Å². The normalized spacial score (nSPS) is 14.3. The van der Waals surface area contributed by atoms with Crippen molar-refractivity contribution >= 4 is 40.4 Å². The number of aromatic nitrogens is 1. The summed E-state index contributed by atoms with van der Waals surface area (Å²) in [5, 5.41) is 1.39. The third-order valence-electron chi connectivity index (χ3n) is 5.15. The van der Waals surface area contributed by atoms with E-state index >= 15 is 0 Å². The fraction of sp³-hybridized carbons (Fsp3) is 0.227. The third kappa shape index (κ3) is 3.80. The first-order valence-corrected chi connectivity index (χ1v) is 9.76. The van der Waals surface area contributed by atoms with Gasteiger partial charge in [0.1, 0.15) is 12.1 Å². The number of pyridine rings is 1. The van der Waals surface area contributed by atoms with Crippen molar-refractivity contribution in [3.8, 4) is 0 Å². The number of fused-ring (bicyclic) bond motifs is 1. The van der Waals surface area contributed by atoms with Crippen LogP contribution in [0.25, 0.3) is 10.9 Å². The highest BCUT2D eigenvalue weighted by atomic mass is 35.5. The molecule has 2 heterocycles. The SMILES string of the molecule is O=CCc1cc(Cl)c2cccnc2c1N1CCN(C(=O)c2cccc(F)c2)CC1. The van der Waals surface area contributed by atoms with Gasteiger partial charge in [-0.15, -0.1) is 0 Å². The molecule has 7 heteroatoms. The molecule has 3 aromatic rings. The third-order valence-corrected chi connectivity index (χ3v) is 5.47. The fourth-order valence-electron chi connectivity index (χ4n) is 3.77. The first-order valence-electron chi connectivity index (χ1n) is 9.38. The molecule has 4 rings (SSSR count). The van der Waals surface area contributed by atoms with Gasteiger partial charge in [0.15, 0.2) is 0 Å². The molecule has 0 unspecified atom stereocenters. The molecule has 0 spiro atoms. The summed E-state index contributed by atoms with van der Waals surface area (Å²) in [4.78, 5) is 32.3. The lowest BCUT2D eigenvalue weighted by Gasteiger charge is -2.37. The average molecular weight is 412 g/mol. The number of carbonyl (C=O) groups is 2. The second-order valence-corrected chi connectivity index (χ2v) is 7.33. The second-order valence-electron chi connectivity index (χ2n) is 6.93. The molecule has 0 atom stereocenters. The summed E-state index contributed by atoms with van der Waals surface area (Å²) in [5.41, 5.74) is 2.80. The van der Waals surface area contributed by atoms with E-state index in [0.29, 0.717) is 36.8 Å². The molecule has 0 radical (unpaired) electrons. The highest BCUT2D eigenvalue weighted by Crippen LogP contribution is 2.35. The van der Waals surface area contributed by atoms with Gasteiger partial charge in [0.2, 0.25) is 0 Å². The Morgan fingerprint density at radius 1 is 1.14 bits per heavy atom. The molecule has 2 aromatic carbocycles. The zero-order chi connectivity index (χ0) is 20.4. The average Bonchev–Trinajstić information content (AvgIpc) is 2.74. The maximum atomic E-state index is 13.5. The first kappa shape index (κ1) is 19.3. The number of hydrogen-bond acceptors (Lipinski definition) is 4. The van der Waals surface area contributed by atoms with E-state index in [1.807, 2.05) is 18.2 Å². The van der Waals surface area contributed by atoms with Gasteiger partial charge in [-0.2, -0.15) is 0 Å². The van der Waals surface area contributed by atoms with E-state index in [4.69, 9.17) is 11.6 Å². The number of benzene rings is 2. The summed E-state index contributed by atoms with van der Waals surface area (Å²) in [6.07, 6.45) is 2.80. The van der Waals surface area contributed by atoms with Crippen LogP contribution in [-0.2, 0) is 11.2 Å². The lowest BCUT2D eigenvalue weighted by atomic mass is 10.0. The summed E-state index contributed by atoms with van der Waals surface area (Å²) in [6.45, 7) is 2.15. The number of amides is 1. The molecule has 1 fully saturated rings. The molecule has 0 N–H and O–H groups in total. The van der Waals surface area contributed by atoms with Crippen molar-refractivity contribution in [1.82, 2.24) is 9.88 Å². The number of nitrogens with zero attached hydrogens (tertiary/aromatic N) is 3. The summed E-state index contributed by atoms with van der Waals surface area (Å²) >= 11 is 6.40. The van der Waals surface area contributed by atoms with Crippen molar-refractivity contribution in [3.63, 3.8) is 0 Å². The second kappa shape index (κ2) is 8.17. The van der Waals surface area contributed by atoms with Crippen molar-refractivity contribution in [3.05, 3.63) is 70.6 Å². The Kier molecular flexibility index (Phi) is 5.45. The van der Waals surface area contributed by atoms with Crippen LogP contribution in [0.3, 0.4) is 0 Å². The van der Waals surface area contributed by atoms with Gasteiger partial charge in [-0.05, 0) is 42.0 Å². The largest absolute Gasteiger partial charge is 0.366 e. The van der Waals surface area contributed by atoms with Gasteiger partial charge in [0, 0.05) is 49.7 Å². The molecule has 29 heavy (non-hydrogen) atoms. The van der Waals surface area contributed by atoms with Crippen LogP contribution < -0.4 is 4.90 Å². The molecule has 1 aliphatic rings. The molecule has 148 valence electrons. The number of piperazine rings is 1. The van der Waals surface area contributed by atoms with Gasteiger partial charge in [0.25, 0.3) is 5.91 Å². The molecule has 5 nitrogen and oxygen atoms in total. The molecule has 1 aliphatic heterocycles. The monoisotopic (exact) mass is 411 g/mol. The van der Waals surface area contributed by atoms with E-state index in [2.05, 4.69) is 9.88 Å². The van der Waals surface area contributed by atoms with E-state index in [9.17, 15) is 14.0 Å². The van der Waals surface area contributed by atoms with Gasteiger partial charge in [-0.1, -0.05) is 17.7 Å². The summed E-state index contributed by atoms with van der Waals surface area (Å²) in [7, 11) is 0. The number of anilines is 1. The molecule has 0 bridgehead atoms. The smallest absolute Gasteiger partial charge is 0.254 e. The van der Waals surface area contributed by atoms with Crippen LogP contribution in [0.4, 0.5) is 10.1 Å². The van der Waals surface area contributed by atoms with Gasteiger partial charge in [-0.25, -0.2) is 4.39 Å². The predicted molar refractivity (Wildman–Crippen MR) is 111 cm³/mol. The summed E-state index contributed by atoms with van der Waals surface area (Å²) in [6, 6.07) is 11.3. The highest BCUT2D eigenvalue weighted by molar-refractivity contribution is 6.36. The van der Waals surface area contributed by atoms with E-state index in [0.717, 1.165) is 28.4 Å². The lowest BCUT2D eigenvalue weighted by molar-refractivity contribution is -0.107. The minimum atomic E-state index is -0.424. The Bertz CT molecular complexity index is 1080. The molecule has 1 saturated heterocycles. The van der Waals surface area contributed by atoms with Gasteiger partial charge < -0.3 is 14.6 Å². The number of rotatable bonds is 4. The van der Waals surface area contributed by atoms with Crippen LogP contribution >= 0.6 is 11.6 Å². The number of carbonyl (C=O) groups excluding carboxylic acids is 2. The maximum absolute atomic E-state index is 13.5. The highest BCUT2D eigenvalue weighted by Gasteiger charge is 2.25. The maximum Gasteiger partial charge on any atom is 0.254 e. The minimum absolute atomic E-state index is 0.184. The first-order chi connectivity index (χ1) is 14.1. The van der Waals surface area contributed by atoms with Crippen LogP contribution in [0.2, 0.25) is 5.02 Å². The van der Waals surface area contributed by atoms with Gasteiger partial charge >= 0.3 is 0 Å². The lowest BCUT2D eigenvalue weighted by Crippen LogP contribution is -2.49. The molecule has 0 saturated carbocycles. The van der Waals surface area contributed by atoms with E-state index in [1.165, 1.54) is 18.2 Å². The Morgan fingerprint density at radius 2 is 1.93 bits per heavy atom. The number of hydrogen-bond donors (Lipinski definition) is 0. The topological polar surface area (TPSA) is 53.5 Å². The van der Waals surface area contributed by atoms with Crippen molar-refractivity contribution in [2.45, 2.75) is 6.42 Å². The summed E-state index contributed by atoms with van der Waals surface area (Å²) in [5.74, 6) is -0.608. The zero-order valence-corrected chi connectivity index (χ0v) is 16.4. The Labute approximate surface area is 172 Å². The molecular formula is C22H19ClFN3O2. The fourth-order valence-corrected chi connectivity index (χ4v) is 4.06. The zero-order valence-electron chi connectivity index (χ0n) is 15.6. The Balaban J connectivity index is 1.61. The summed E-state index contributed by atoms with van der Waals surface area (Å²) < 4.78 is 13.5. The predicted octanol–water partition coefficient (Wildman–Crippen LogP) is 3.73. The van der Waals surface area contributed by atoms with Crippen molar-refractivity contribution in [1.29, 1.82) is 0 Å². The van der Waals surface area contributed by atoms with E-state index in [1.54, 1.807) is 17.2 Å². The Morgan fingerprint density at radius 3 is 2.66 bits per heavy atom. The quantitative estimate of drug-likeness (QED) is 0.614. The van der Waals surface area contributed by atoms with Crippen molar-refractivity contribution < 1.29 is 14.0 Å². The standard InChI is InChI=1S/C22H19ClFN3O2/c23-19-14-15(6-12-28)21(20-18(19)5-2-7-25-20)26-8-10-27(11-9-26)22(29)16-3-1-4-17(24)13-16/h1-5,7,12-14H,6,8-11H2. The van der Waals surface area contributed by atoms with Gasteiger partial charge in [-0.3, -0.25) is 9.78 Å². The van der Waals surface area contributed by atoms with E-state index < -0.39 is 5.82 Å². The van der Waals surface area contributed by atoms with Crippen LogP contribution in [-0.4, -0.2) is 48.3 Å². The molecular weight excluding hydrogens is 393 g/mol. The minimum Gasteiger partial charge on any atom is -0.366 e. The Hall–Kier alpha value is -2.99. The number of aldehydes is 1. The molecule has 1 aromatic heterocycles. The molecule has 1 amide bonds. The van der Waals surface area contributed by atoms with Crippen LogP contribution in [0.1, 0.15) is 15.9 Å². The van der Waals surface area contributed by atoms with Crippen molar-refractivity contribution in [2.24, 2.45) is 0 Å².